The third-order valence-electron chi connectivity index (χ3n) is 7.67. The zero-order chi connectivity index (χ0) is 23.7. The maximum absolute atomic E-state index is 13.8. The number of amides is 2. The summed E-state index contributed by atoms with van der Waals surface area (Å²) in [6.45, 7) is 0. The molecule has 0 spiro atoms. The van der Waals surface area contributed by atoms with E-state index in [1.807, 2.05) is 72.8 Å². The van der Waals surface area contributed by atoms with Crippen molar-refractivity contribution in [2.75, 3.05) is 0 Å². The van der Waals surface area contributed by atoms with Gasteiger partial charge in [0.05, 0.1) is 11.8 Å². The second-order valence-corrected chi connectivity index (χ2v) is 9.72. The number of hydrogen-bond donors (Lipinski definition) is 2. The fourth-order valence-corrected chi connectivity index (χ4v) is 6.07. The van der Waals surface area contributed by atoms with E-state index in [-0.39, 0.29) is 24.3 Å². The van der Waals surface area contributed by atoms with Crippen LogP contribution in [0.3, 0.4) is 0 Å². The van der Waals surface area contributed by atoms with Crippen LogP contribution in [0.2, 0.25) is 0 Å². The van der Waals surface area contributed by atoms with Crippen LogP contribution in [0, 0.1) is 11.8 Å². The summed E-state index contributed by atoms with van der Waals surface area (Å²) in [5, 5.41) is 13.8. The van der Waals surface area contributed by atoms with Gasteiger partial charge < -0.3 is 5.11 Å². The molecule has 3 fully saturated rings. The minimum absolute atomic E-state index is 0.124. The van der Waals surface area contributed by atoms with Crippen molar-refractivity contribution in [3.05, 3.63) is 77.9 Å². The molecule has 0 bridgehead atoms. The number of likely N-dealkylation sites (tertiary alicyclic amines) is 1. The topological polar surface area (TPSA) is 86.7 Å². The van der Waals surface area contributed by atoms with Gasteiger partial charge in [-0.15, -0.1) is 0 Å². The van der Waals surface area contributed by atoms with Gasteiger partial charge in [-0.2, -0.15) is 0 Å². The number of carboxylic acids is 1. The van der Waals surface area contributed by atoms with E-state index < -0.39 is 29.4 Å². The van der Waals surface area contributed by atoms with Crippen molar-refractivity contribution >= 4 is 23.9 Å². The summed E-state index contributed by atoms with van der Waals surface area (Å²) in [4.78, 5) is 41.8. The molecule has 2 N–H and O–H groups in total. The Balaban J connectivity index is 1.55. The third kappa shape index (κ3) is 3.86. The summed E-state index contributed by atoms with van der Waals surface area (Å²) in [5.74, 6) is -3.32. The molecule has 2 aliphatic heterocycles. The smallest absolute Gasteiger partial charge is 0.325 e. The summed E-state index contributed by atoms with van der Waals surface area (Å²) < 4.78 is 0. The summed E-state index contributed by atoms with van der Waals surface area (Å²) in [6.07, 6.45) is 8.57. The minimum Gasteiger partial charge on any atom is -0.480 e. The first kappa shape index (κ1) is 22.5. The molecule has 34 heavy (non-hydrogen) atoms. The van der Waals surface area contributed by atoms with Gasteiger partial charge in [-0.1, -0.05) is 92.1 Å². The number of aliphatic carboxylic acids is 1. The second-order valence-electron chi connectivity index (χ2n) is 9.72. The fourth-order valence-electron chi connectivity index (χ4n) is 6.07. The number of nitrogens with one attached hydrogen (secondary N) is 1. The van der Waals surface area contributed by atoms with Gasteiger partial charge in [0.2, 0.25) is 11.8 Å². The molecule has 2 saturated heterocycles. The molecule has 4 unspecified atom stereocenters. The largest absolute Gasteiger partial charge is 0.480 e. The minimum atomic E-state index is -1.55. The first-order valence-corrected chi connectivity index (χ1v) is 12.2. The van der Waals surface area contributed by atoms with Crippen LogP contribution in [-0.2, 0) is 20.8 Å². The highest BCUT2D eigenvalue weighted by Crippen LogP contribution is 2.46. The summed E-state index contributed by atoms with van der Waals surface area (Å²) >= 11 is 0. The van der Waals surface area contributed by atoms with Crippen molar-refractivity contribution in [3.8, 4) is 0 Å². The molecule has 6 nitrogen and oxygen atoms in total. The first-order chi connectivity index (χ1) is 16.5. The number of benzene rings is 2. The maximum Gasteiger partial charge on any atom is 0.325 e. The maximum atomic E-state index is 13.8. The van der Waals surface area contributed by atoms with E-state index in [0.29, 0.717) is 0 Å². The number of nitrogens with zero attached hydrogens (tertiary/aromatic N) is 1. The van der Waals surface area contributed by atoms with E-state index in [2.05, 4.69) is 5.32 Å². The molecular weight excluding hydrogens is 428 g/mol. The van der Waals surface area contributed by atoms with E-state index in [0.717, 1.165) is 43.2 Å². The number of carboxylic acid groups (broad SMARTS) is 1. The summed E-state index contributed by atoms with van der Waals surface area (Å²) in [6, 6.07) is 18.4. The van der Waals surface area contributed by atoms with Gasteiger partial charge in [-0.25, -0.2) is 0 Å². The van der Waals surface area contributed by atoms with Crippen LogP contribution in [0.5, 0.6) is 0 Å². The fraction of sp³-hybridized carbons (Fsp3) is 0.393. The molecular formula is C28H30N2O4. The lowest BCUT2D eigenvalue weighted by atomic mass is 9.76. The van der Waals surface area contributed by atoms with Crippen LogP contribution >= 0.6 is 0 Å². The highest BCUT2D eigenvalue weighted by Gasteiger charge is 2.68. The molecule has 2 amide bonds. The number of hydrogen-bond acceptors (Lipinski definition) is 4. The van der Waals surface area contributed by atoms with Crippen molar-refractivity contribution in [1.82, 2.24) is 10.2 Å². The number of imide groups is 1. The van der Waals surface area contributed by atoms with Gasteiger partial charge in [0, 0.05) is 18.5 Å². The first-order valence-electron chi connectivity index (χ1n) is 12.2. The summed E-state index contributed by atoms with van der Waals surface area (Å²) in [5.41, 5.74) is 0.228. The predicted molar refractivity (Wildman–Crippen MR) is 129 cm³/mol. The van der Waals surface area contributed by atoms with Gasteiger partial charge in [-0.3, -0.25) is 24.6 Å². The Bertz CT molecular complexity index is 1090. The Morgan fingerprint density at radius 3 is 2.26 bits per heavy atom. The van der Waals surface area contributed by atoms with Crippen LogP contribution in [0.25, 0.3) is 6.08 Å². The average molecular weight is 459 g/mol. The van der Waals surface area contributed by atoms with Crippen molar-refractivity contribution < 1.29 is 19.5 Å². The highest BCUT2D eigenvalue weighted by molar-refractivity contribution is 6.10. The highest BCUT2D eigenvalue weighted by atomic mass is 16.4. The Morgan fingerprint density at radius 1 is 0.971 bits per heavy atom. The van der Waals surface area contributed by atoms with E-state index >= 15 is 0 Å². The van der Waals surface area contributed by atoms with Crippen LogP contribution in [0.1, 0.15) is 43.2 Å². The molecule has 0 radical (unpaired) electrons. The molecule has 1 aliphatic carbocycles. The molecule has 176 valence electrons. The van der Waals surface area contributed by atoms with Gasteiger partial charge in [0.1, 0.15) is 5.54 Å². The monoisotopic (exact) mass is 458 g/mol. The molecule has 6 heteroatoms. The molecule has 4 atom stereocenters. The SMILES string of the molecule is O=C1C2C(C=Cc3ccccc3)NC(Cc3ccccc3)(C(=O)O)C2C(=O)N1C1CCCCC1. The number of carbonyl (C=O) groups is 3. The Kier molecular flexibility index (Phi) is 6.09. The zero-order valence-corrected chi connectivity index (χ0v) is 19.1. The van der Waals surface area contributed by atoms with E-state index in [4.69, 9.17) is 0 Å². The quantitative estimate of drug-likeness (QED) is 0.645. The van der Waals surface area contributed by atoms with E-state index in [1.54, 1.807) is 0 Å². The Labute approximate surface area is 199 Å². The predicted octanol–water partition coefficient (Wildman–Crippen LogP) is 3.67. The lowest BCUT2D eigenvalue weighted by Crippen LogP contribution is -2.58. The molecule has 2 heterocycles. The Morgan fingerprint density at radius 2 is 1.62 bits per heavy atom. The zero-order valence-electron chi connectivity index (χ0n) is 19.1. The number of carbonyl (C=O) groups excluding carboxylic acids is 2. The van der Waals surface area contributed by atoms with Crippen LogP contribution in [0.4, 0.5) is 0 Å². The standard InChI is InChI=1S/C28H30N2O4/c31-25-23-22(17-16-19-10-4-1-5-11-19)29-28(27(33)34,18-20-12-6-2-7-13-20)24(23)26(32)30(25)21-14-8-3-9-15-21/h1-2,4-7,10-13,16-17,21-24,29H,3,8-9,14-15,18H2,(H,33,34). The average Bonchev–Trinajstić information content (AvgIpc) is 3.33. The second kappa shape index (κ2) is 9.18. The lowest BCUT2D eigenvalue weighted by Gasteiger charge is -2.34. The molecule has 2 aromatic carbocycles. The van der Waals surface area contributed by atoms with Crippen molar-refractivity contribution in [3.63, 3.8) is 0 Å². The van der Waals surface area contributed by atoms with Crippen molar-refractivity contribution in [2.45, 2.75) is 56.1 Å². The van der Waals surface area contributed by atoms with Gasteiger partial charge in [0.15, 0.2) is 0 Å². The third-order valence-corrected chi connectivity index (χ3v) is 7.67. The molecule has 5 rings (SSSR count). The molecule has 1 saturated carbocycles. The Hall–Kier alpha value is -3.25. The van der Waals surface area contributed by atoms with Gasteiger partial charge in [0.25, 0.3) is 0 Å². The lowest BCUT2D eigenvalue weighted by molar-refractivity contribution is -0.152. The van der Waals surface area contributed by atoms with Gasteiger partial charge in [-0.05, 0) is 24.0 Å². The van der Waals surface area contributed by atoms with E-state index in [1.165, 1.54) is 4.90 Å². The van der Waals surface area contributed by atoms with Crippen LogP contribution < -0.4 is 5.32 Å². The van der Waals surface area contributed by atoms with Crippen molar-refractivity contribution in [2.24, 2.45) is 11.8 Å². The van der Waals surface area contributed by atoms with Crippen LogP contribution in [0.15, 0.2) is 66.7 Å². The van der Waals surface area contributed by atoms with Gasteiger partial charge >= 0.3 is 5.97 Å². The summed E-state index contributed by atoms with van der Waals surface area (Å²) in [7, 11) is 0. The number of rotatable bonds is 6. The molecule has 0 aromatic heterocycles. The number of fused-ring (bicyclic) bond motifs is 1. The van der Waals surface area contributed by atoms with E-state index in [9.17, 15) is 19.5 Å². The normalized spacial score (nSPS) is 29.6. The van der Waals surface area contributed by atoms with Crippen molar-refractivity contribution in [1.29, 1.82) is 0 Å². The molecule has 3 aliphatic rings. The van der Waals surface area contributed by atoms with Crippen LogP contribution in [-0.4, -0.2) is 45.4 Å². The molecule has 2 aromatic rings.